The summed E-state index contributed by atoms with van der Waals surface area (Å²) in [4.78, 5) is 0. The van der Waals surface area contributed by atoms with Crippen molar-refractivity contribution in [3.63, 3.8) is 0 Å². The average Bonchev–Trinajstić information content (AvgIpc) is 3.14. The van der Waals surface area contributed by atoms with Crippen molar-refractivity contribution in [2.75, 3.05) is 0 Å². The van der Waals surface area contributed by atoms with Crippen LogP contribution in [0.15, 0.2) is 60.7 Å². The Labute approximate surface area is 151 Å². The van der Waals surface area contributed by atoms with Crippen molar-refractivity contribution in [3.05, 3.63) is 66.3 Å². The van der Waals surface area contributed by atoms with E-state index in [2.05, 4.69) is 72.3 Å². The second-order valence-electron chi connectivity index (χ2n) is 7.00. The van der Waals surface area contributed by atoms with E-state index in [1.807, 2.05) is 11.0 Å². The van der Waals surface area contributed by atoms with E-state index in [1.165, 1.54) is 37.7 Å². The van der Waals surface area contributed by atoms with E-state index in [-0.39, 0.29) is 0 Å². The summed E-state index contributed by atoms with van der Waals surface area (Å²) in [6.07, 6.45) is 18.2. The van der Waals surface area contributed by atoms with Crippen LogP contribution < -0.4 is 4.57 Å². The van der Waals surface area contributed by atoms with Crippen LogP contribution >= 0.6 is 0 Å². The van der Waals surface area contributed by atoms with Gasteiger partial charge in [0, 0.05) is 11.0 Å². The van der Waals surface area contributed by atoms with Gasteiger partial charge in [-0.15, -0.1) is 0 Å². The van der Waals surface area contributed by atoms with Crippen molar-refractivity contribution < 1.29 is 4.57 Å². The molecule has 132 valence electrons. The molecule has 1 aromatic carbocycles. The summed E-state index contributed by atoms with van der Waals surface area (Å²) in [6.45, 7) is 5.51. The van der Waals surface area contributed by atoms with Crippen molar-refractivity contribution in [1.82, 2.24) is 9.78 Å². The van der Waals surface area contributed by atoms with Gasteiger partial charge in [0.25, 0.3) is 6.33 Å². The van der Waals surface area contributed by atoms with Crippen LogP contribution in [0.5, 0.6) is 0 Å². The first-order valence-electron chi connectivity index (χ1n) is 9.70. The maximum Gasteiger partial charge on any atom is 0.265 e. The van der Waals surface area contributed by atoms with E-state index >= 15 is 0 Å². The minimum Gasteiger partial charge on any atom is -0.237 e. The van der Waals surface area contributed by atoms with Crippen LogP contribution in [0.4, 0.5) is 0 Å². The largest absolute Gasteiger partial charge is 0.265 e. The van der Waals surface area contributed by atoms with Crippen molar-refractivity contribution in [1.29, 1.82) is 0 Å². The van der Waals surface area contributed by atoms with Crippen LogP contribution in [0.25, 0.3) is 5.69 Å². The fourth-order valence-electron chi connectivity index (χ4n) is 3.37. The minimum atomic E-state index is 0.486. The fourth-order valence-corrected chi connectivity index (χ4v) is 3.37. The Morgan fingerprint density at radius 3 is 2.92 bits per heavy atom. The van der Waals surface area contributed by atoms with Crippen LogP contribution in [0, 0.1) is 0 Å². The molecular weight excluding hydrogens is 306 g/mol. The van der Waals surface area contributed by atoms with Gasteiger partial charge in [0.1, 0.15) is 5.69 Å². The number of nitrogens with zero attached hydrogens (tertiary/aromatic N) is 3. The summed E-state index contributed by atoms with van der Waals surface area (Å²) in [7, 11) is 0. The number of hydrogen-bond acceptors (Lipinski definition) is 1. The predicted molar refractivity (Wildman–Crippen MR) is 103 cm³/mol. The van der Waals surface area contributed by atoms with Gasteiger partial charge < -0.3 is 0 Å². The van der Waals surface area contributed by atoms with Gasteiger partial charge in [-0.2, -0.15) is 0 Å². The van der Waals surface area contributed by atoms with Gasteiger partial charge in [0.15, 0.2) is 0 Å². The zero-order valence-electron chi connectivity index (χ0n) is 15.6. The zero-order valence-corrected chi connectivity index (χ0v) is 15.6. The second kappa shape index (κ2) is 8.80. The standard InChI is InChI=1S/C22H30N3/c1-3-5-9-19-10-7-11-20(15-19)21-12-8-13-22(16-21)25-18-24(17-23-25)14-6-4-2/h7-8,10-13,16-18,20H,3-6,9,14-15H2,1-2H3/q+1. The monoisotopic (exact) mass is 336 g/mol. The van der Waals surface area contributed by atoms with Crippen molar-refractivity contribution in [2.24, 2.45) is 0 Å². The first-order valence-corrected chi connectivity index (χ1v) is 9.70. The lowest BCUT2D eigenvalue weighted by Crippen LogP contribution is -2.30. The van der Waals surface area contributed by atoms with Crippen molar-refractivity contribution in [3.8, 4) is 5.69 Å². The molecule has 1 atom stereocenters. The highest BCUT2D eigenvalue weighted by Gasteiger charge is 2.16. The Morgan fingerprint density at radius 1 is 1.20 bits per heavy atom. The Hall–Kier alpha value is -2.16. The maximum atomic E-state index is 4.53. The highest BCUT2D eigenvalue weighted by molar-refractivity contribution is 5.39. The molecule has 25 heavy (non-hydrogen) atoms. The molecule has 2 aromatic rings. The summed E-state index contributed by atoms with van der Waals surface area (Å²) < 4.78 is 4.15. The second-order valence-corrected chi connectivity index (χ2v) is 7.00. The van der Waals surface area contributed by atoms with E-state index < -0.39 is 0 Å². The molecule has 3 nitrogen and oxygen atoms in total. The van der Waals surface area contributed by atoms with Crippen LogP contribution in [0.1, 0.15) is 63.9 Å². The molecule has 1 heterocycles. The third-order valence-corrected chi connectivity index (χ3v) is 4.92. The fraction of sp³-hybridized carbons (Fsp3) is 0.455. The Morgan fingerprint density at radius 2 is 2.08 bits per heavy atom. The molecule has 0 N–H and O–H groups in total. The number of hydrogen-bond donors (Lipinski definition) is 0. The molecule has 0 bridgehead atoms. The van der Waals surface area contributed by atoms with Crippen LogP contribution in [-0.2, 0) is 6.54 Å². The molecule has 0 amide bonds. The Balaban J connectivity index is 1.72. The van der Waals surface area contributed by atoms with Crippen LogP contribution in [0.3, 0.4) is 0 Å². The summed E-state index contributed by atoms with van der Waals surface area (Å²) in [6, 6.07) is 8.83. The first-order chi connectivity index (χ1) is 12.3. The van der Waals surface area contributed by atoms with Gasteiger partial charge in [0.05, 0.1) is 6.54 Å². The molecule has 0 radical (unpaired) electrons. The van der Waals surface area contributed by atoms with Crippen LogP contribution in [-0.4, -0.2) is 9.78 Å². The summed E-state index contributed by atoms with van der Waals surface area (Å²) in [5, 5.41) is 4.53. The van der Waals surface area contributed by atoms with E-state index in [9.17, 15) is 0 Å². The summed E-state index contributed by atoms with van der Waals surface area (Å²) >= 11 is 0. The van der Waals surface area contributed by atoms with E-state index in [4.69, 9.17) is 0 Å². The number of allylic oxidation sites excluding steroid dienone is 4. The molecule has 1 aromatic heterocycles. The number of rotatable bonds is 8. The quantitative estimate of drug-likeness (QED) is 0.613. The minimum absolute atomic E-state index is 0.486. The molecular formula is C22H30N3+. The highest BCUT2D eigenvalue weighted by atomic mass is 15.3. The average molecular weight is 337 g/mol. The molecule has 1 unspecified atom stereocenters. The highest BCUT2D eigenvalue weighted by Crippen LogP contribution is 2.31. The zero-order chi connectivity index (χ0) is 17.5. The van der Waals surface area contributed by atoms with Gasteiger partial charge in [-0.05, 0) is 43.4 Å². The lowest BCUT2D eigenvalue weighted by Gasteiger charge is -2.19. The van der Waals surface area contributed by atoms with Crippen molar-refractivity contribution >= 4 is 0 Å². The van der Waals surface area contributed by atoms with Gasteiger partial charge in [-0.3, -0.25) is 0 Å². The molecule has 3 rings (SSSR count). The van der Waals surface area contributed by atoms with Crippen LogP contribution in [0.2, 0.25) is 0 Å². The first kappa shape index (κ1) is 17.7. The lowest BCUT2D eigenvalue weighted by molar-refractivity contribution is -0.697. The molecule has 3 heteroatoms. The Bertz CT molecular complexity index is 739. The SMILES string of the molecule is CCCCC1=CC=CC(c2cccc(-n3c[n+](CCCC)cn3)c2)C1. The number of aromatic nitrogens is 3. The van der Waals surface area contributed by atoms with Gasteiger partial charge in [0.2, 0.25) is 6.33 Å². The molecule has 0 saturated carbocycles. The molecule has 1 aliphatic rings. The molecule has 0 spiro atoms. The number of benzene rings is 1. The topological polar surface area (TPSA) is 21.7 Å². The third kappa shape index (κ3) is 4.68. The van der Waals surface area contributed by atoms with Crippen molar-refractivity contribution in [2.45, 2.75) is 64.8 Å². The smallest absolute Gasteiger partial charge is 0.237 e. The van der Waals surface area contributed by atoms with E-state index in [1.54, 1.807) is 5.57 Å². The lowest BCUT2D eigenvalue weighted by atomic mass is 9.86. The molecule has 0 saturated heterocycles. The molecule has 0 fully saturated rings. The molecule has 0 aliphatic heterocycles. The maximum absolute atomic E-state index is 4.53. The number of aryl methyl sites for hydroxylation is 1. The third-order valence-electron chi connectivity index (χ3n) is 4.92. The van der Waals surface area contributed by atoms with Gasteiger partial charge in [-0.25, -0.2) is 4.57 Å². The summed E-state index contributed by atoms with van der Waals surface area (Å²) in [5.41, 5.74) is 4.11. The normalized spacial score (nSPS) is 16.9. The van der Waals surface area contributed by atoms with E-state index in [0.29, 0.717) is 5.92 Å². The number of unbranched alkanes of at least 4 members (excludes halogenated alkanes) is 2. The summed E-state index contributed by atoms with van der Waals surface area (Å²) in [5.74, 6) is 0.486. The molecule has 1 aliphatic carbocycles. The Kier molecular flexibility index (Phi) is 6.21. The van der Waals surface area contributed by atoms with E-state index in [0.717, 1.165) is 18.7 Å². The van der Waals surface area contributed by atoms with Gasteiger partial charge in [-0.1, -0.05) is 67.3 Å². The predicted octanol–water partition coefficient (Wildman–Crippen LogP) is 5.12. The van der Waals surface area contributed by atoms with Gasteiger partial charge >= 0.3 is 0 Å².